The van der Waals surface area contributed by atoms with E-state index in [0.29, 0.717) is 0 Å². The van der Waals surface area contributed by atoms with Gasteiger partial charge in [0.05, 0.1) is 7.11 Å². The lowest BCUT2D eigenvalue weighted by Gasteiger charge is -2.35. The molecule has 0 N–H and O–H groups in total. The number of para-hydroxylation sites is 2. The number of hydrogen-bond acceptors (Lipinski definition) is 4. The quantitative estimate of drug-likeness (QED) is 0.419. The van der Waals surface area contributed by atoms with Gasteiger partial charge in [-0.25, -0.2) is 0 Å². The average molecular weight is 451 g/mol. The fourth-order valence-corrected chi connectivity index (χ4v) is 4.38. The second-order valence-corrected chi connectivity index (χ2v) is 8.64. The Morgan fingerprint density at radius 1 is 0.812 bits per heavy atom. The highest BCUT2D eigenvalue weighted by Crippen LogP contribution is 2.33. The summed E-state index contributed by atoms with van der Waals surface area (Å²) in [5.41, 5.74) is 2.47. The topological polar surface area (TPSA) is 24.9 Å². The van der Waals surface area contributed by atoms with Gasteiger partial charge in [-0.05, 0) is 35.4 Å². The van der Waals surface area contributed by atoms with Crippen molar-refractivity contribution in [1.82, 2.24) is 9.80 Å². The van der Waals surface area contributed by atoms with Crippen LogP contribution in [0.25, 0.3) is 0 Å². The highest BCUT2D eigenvalue weighted by atomic mass is 35.5. The third-order valence-corrected chi connectivity index (χ3v) is 6.22. The zero-order chi connectivity index (χ0) is 22.2. The van der Waals surface area contributed by atoms with E-state index in [2.05, 4.69) is 46.2 Å². The summed E-state index contributed by atoms with van der Waals surface area (Å²) in [5.74, 6) is 1.50. The number of nitrogens with zero attached hydrogens (tertiary/aromatic N) is 2. The van der Waals surface area contributed by atoms with Crippen LogP contribution in [-0.4, -0.2) is 49.6 Å². The Bertz CT molecular complexity index is 974. The van der Waals surface area contributed by atoms with Crippen molar-refractivity contribution in [3.05, 3.63) is 95.0 Å². The molecule has 1 atom stereocenters. The SMILES string of the molecule is COc1ccccc1O[C@@H](CCN1CCN(Cc2ccccc2)CC1)c1cccc(Cl)c1. The number of methoxy groups -OCH3 is 1. The molecule has 1 aliphatic heterocycles. The second-order valence-electron chi connectivity index (χ2n) is 8.20. The Labute approximate surface area is 196 Å². The predicted molar refractivity (Wildman–Crippen MR) is 131 cm³/mol. The largest absolute Gasteiger partial charge is 0.493 e. The zero-order valence-corrected chi connectivity index (χ0v) is 19.4. The smallest absolute Gasteiger partial charge is 0.162 e. The summed E-state index contributed by atoms with van der Waals surface area (Å²) in [6, 6.07) is 26.5. The fraction of sp³-hybridized carbons (Fsp3) is 0.333. The molecule has 0 spiro atoms. The van der Waals surface area contributed by atoms with Gasteiger partial charge in [0, 0.05) is 50.7 Å². The van der Waals surface area contributed by atoms with Crippen molar-refractivity contribution in [2.75, 3.05) is 39.8 Å². The van der Waals surface area contributed by atoms with Crippen molar-refractivity contribution >= 4 is 11.6 Å². The summed E-state index contributed by atoms with van der Waals surface area (Å²) in [6.07, 6.45) is 0.796. The molecular weight excluding hydrogens is 420 g/mol. The first-order valence-electron chi connectivity index (χ1n) is 11.2. The minimum absolute atomic E-state index is 0.0904. The van der Waals surface area contributed by atoms with Crippen LogP contribution in [0, 0.1) is 0 Å². The molecule has 0 aromatic heterocycles. The molecule has 0 saturated carbocycles. The Morgan fingerprint density at radius 3 is 2.22 bits per heavy atom. The van der Waals surface area contributed by atoms with E-state index in [9.17, 15) is 0 Å². The summed E-state index contributed by atoms with van der Waals surface area (Å²) < 4.78 is 11.9. The maximum atomic E-state index is 6.45. The second kappa shape index (κ2) is 11.4. The molecule has 1 aliphatic rings. The Morgan fingerprint density at radius 2 is 1.50 bits per heavy atom. The number of benzene rings is 3. The van der Waals surface area contributed by atoms with Crippen LogP contribution in [0.5, 0.6) is 11.5 Å². The maximum absolute atomic E-state index is 6.45. The van der Waals surface area contributed by atoms with Crippen LogP contribution in [0.15, 0.2) is 78.9 Å². The summed E-state index contributed by atoms with van der Waals surface area (Å²) in [6.45, 7) is 6.32. The minimum atomic E-state index is -0.0904. The van der Waals surface area contributed by atoms with Gasteiger partial charge < -0.3 is 14.4 Å². The molecule has 0 bridgehead atoms. The normalized spacial score (nSPS) is 15.9. The van der Waals surface area contributed by atoms with E-state index in [0.717, 1.165) is 67.8 Å². The van der Waals surface area contributed by atoms with Crippen molar-refractivity contribution in [2.24, 2.45) is 0 Å². The first kappa shape index (κ1) is 22.7. The fourth-order valence-electron chi connectivity index (χ4n) is 4.18. The van der Waals surface area contributed by atoms with Crippen LogP contribution in [0.4, 0.5) is 0 Å². The Kier molecular flexibility index (Phi) is 8.05. The molecule has 5 heteroatoms. The summed E-state index contributed by atoms with van der Waals surface area (Å²) in [4.78, 5) is 5.07. The van der Waals surface area contributed by atoms with E-state index in [1.807, 2.05) is 42.5 Å². The third kappa shape index (κ3) is 6.26. The van der Waals surface area contributed by atoms with Crippen LogP contribution in [0.1, 0.15) is 23.7 Å². The lowest BCUT2D eigenvalue weighted by Crippen LogP contribution is -2.46. The summed E-state index contributed by atoms with van der Waals surface area (Å²) in [5, 5.41) is 0.727. The number of halogens is 1. The maximum Gasteiger partial charge on any atom is 0.162 e. The predicted octanol–water partition coefficient (Wildman–Crippen LogP) is 5.68. The standard InChI is InChI=1S/C27H31ClN2O2/c1-31-26-12-5-6-13-27(26)32-25(23-10-7-11-24(28)20-23)14-15-29-16-18-30(19-17-29)21-22-8-3-2-4-9-22/h2-13,20,25H,14-19,21H2,1H3/t25-/m0/s1. The van der Waals surface area contributed by atoms with E-state index in [-0.39, 0.29) is 6.10 Å². The van der Waals surface area contributed by atoms with Gasteiger partial charge in [-0.2, -0.15) is 0 Å². The molecule has 1 fully saturated rings. The van der Waals surface area contributed by atoms with Crippen LogP contribution in [-0.2, 0) is 6.54 Å². The first-order chi connectivity index (χ1) is 15.7. The van der Waals surface area contributed by atoms with Crippen molar-refractivity contribution in [1.29, 1.82) is 0 Å². The molecule has 168 valence electrons. The van der Waals surface area contributed by atoms with Crippen molar-refractivity contribution < 1.29 is 9.47 Å². The number of ether oxygens (including phenoxy) is 2. The minimum Gasteiger partial charge on any atom is -0.493 e. The molecule has 0 unspecified atom stereocenters. The van der Waals surface area contributed by atoms with Gasteiger partial charge in [-0.1, -0.05) is 66.2 Å². The van der Waals surface area contributed by atoms with Gasteiger partial charge >= 0.3 is 0 Å². The lowest BCUT2D eigenvalue weighted by atomic mass is 10.1. The van der Waals surface area contributed by atoms with Gasteiger partial charge in [0.1, 0.15) is 6.10 Å². The van der Waals surface area contributed by atoms with Gasteiger partial charge in [-0.15, -0.1) is 0 Å². The van der Waals surface area contributed by atoms with E-state index in [1.54, 1.807) is 7.11 Å². The number of piperazine rings is 1. The highest BCUT2D eigenvalue weighted by molar-refractivity contribution is 6.30. The molecule has 4 rings (SSSR count). The van der Waals surface area contributed by atoms with Crippen LogP contribution in [0.3, 0.4) is 0 Å². The molecule has 1 heterocycles. The van der Waals surface area contributed by atoms with Crippen LogP contribution in [0.2, 0.25) is 5.02 Å². The summed E-state index contributed by atoms with van der Waals surface area (Å²) in [7, 11) is 1.67. The van der Waals surface area contributed by atoms with Gasteiger partial charge in [0.15, 0.2) is 11.5 Å². The first-order valence-corrected chi connectivity index (χ1v) is 11.6. The van der Waals surface area contributed by atoms with Crippen molar-refractivity contribution in [3.63, 3.8) is 0 Å². The van der Waals surface area contributed by atoms with Crippen molar-refractivity contribution in [3.8, 4) is 11.5 Å². The number of rotatable bonds is 9. The monoisotopic (exact) mass is 450 g/mol. The van der Waals surface area contributed by atoms with Crippen molar-refractivity contribution in [2.45, 2.75) is 19.1 Å². The molecular formula is C27H31ClN2O2. The highest BCUT2D eigenvalue weighted by Gasteiger charge is 2.21. The summed E-state index contributed by atoms with van der Waals surface area (Å²) >= 11 is 6.29. The lowest BCUT2D eigenvalue weighted by molar-refractivity contribution is 0.106. The molecule has 0 amide bonds. The molecule has 0 aliphatic carbocycles. The van der Waals surface area contributed by atoms with Gasteiger partial charge in [0.25, 0.3) is 0 Å². The Hall–Kier alpha value is -2.53. The average Bonchev–Trinajstić information content (AvgIpc) is 2.83. The molecule has 3 aromatic rings. The number of hydrogen-bond donors (Lipinski definition) is 0. The van der Waals surface area contributed by atoms with E-state index in [1.165, 1.54) is 5.56 Å². The molecule has 3 aromatic carbocycles. The van der Waals surface area contributed by atoms with E-state index in [4.69, 9.17) is 21.1 Å². The zero-order valence-electron chi connectivity index (χ0n) is 18.6. The van der Waals surface area contributed by atoms with Crippen LogP contribution < -0.4 is 9.47 Å². The van der Waals surface area contributed by atoms with E-state index >= 15 is 0 Å². The van der Waals surface area contributed by atoms with Crippen LogP contribution >= 0.6 is 11.6 Å². The molecule has 32 heavy (non-hydrogen) atoms. The third-order valence-electron chi connectivity index (χ3n) is 5.98. The van der Waals surface area contributed by atoms with E-state index < -0.39 is 0 Å². The van der Waals surface area contributed by atoms with Gasteiger partial charge in [-0.3, -0.25) is 4.90 Å². The molecule has 0 radical (unpaired) electrons. The van der Waals surface area contributed by atoms with Gasteiger partial charge in [0.2, 0.25) is 0 Å². The Balaban J connectivity index is 1.36. The molecule has 1 saturated heterocycles. The molecule has 4 nitrogen and oxygen atoms in total.